The van der Waals surface area contributed by atoms with Gasteiger partial charge >= 0.3 is 12.1 Å². The molecule has 0 radical (unpaired) electrons. The summed E-state index contributed by atoms with van der Waals surface area (Å²) in [5.41, 5.74) is 0. The number of hydrogen-bond acceptors (Lipinski definition) is 8. The topological polar surface area (TPSA) is 143 Å². The largest absolute Gasteiger partial charge is 0.467 e. The summed E-state index contributed by atoms with van der Waals surface area (Å²) in [4.78, 5) is 54.0. The maximum absolute atomic E-state index is 13.3. The molecule has 240 valence electrons. The lowest BCUT2D eigenvalue weighted by atomic mass is 9.97. The molecule has 2 fully saturated rings. The number of halogens is 2. The van der Waals surface area contributed by atoms with Crippen LogP contribution in [0.5, 0.6) is 0 Å². The van der Waals surface area contributed by atoms with Gasteiger partial charge in [0.25, 0.3) is 0 Å². The highest BCUT2D eigenvalue weighted by molar-refractivity contribution is 7.89. The van der Waals surface area contributed by atoms with Gasteiger partial charge in [-0.15, -0.1) is 0 Å². The molecule has 1 N–H and O–H groups in total. The first-order chi connectivity index (χ1) is 20.4. The van der Waals surface area contributed by atoms with Crippen molar-refractivity contribution < 1.29 is 37.1 Å². The lowest BCUT2D eigenvalue weighted by Gasteiger charge is -2.32. The molecule has 15 heteroatoms. The van der Waals surface area contributed by atoms with Gasteiger partial charge in [0.05, 0.1) is 18.6 Å². The van der Waals surface area contributed by atoms with E-state index in [1.165, 1.54) is 25.3 Å². The molecule has 3 rings (SSSR count). The number of nitrogens with one attached hydrogen (secondary N) is 1. The Morgan fingerprint density at radius 3 is 2.23 bits per heavy atom. The van der Waals surface area contributed by atoms with Crippen LogP contribution in [0.3, 0.4) is 0 Å². The van der Waals surface area contributed by atoms with Crippen molar-refractivity contribution in [3.8, 4) is 0 Å². The van der Waals surface area contributed by atoms with Gasteiger partial charge in [-0.25, -0.2) is 18.0 Å². The number of sulfonamides is 1. The van der Waals surface area contributed by atoms with Crippen LogP contribution in [0.4, 0.5) is 4.79 Å². The van der Waals surface area contributed by atoms with Crippen molar-refractivity contribution >= 4 is 57.1 Å². The van der Waals surface area contributed by atoms with Gasteiger partial charge in [-0.1, -0.05) is 23.2 Å². The molecule has 12 nitrogen and oxygen atoms in total. The third-order valence-electron chi connectivity index (χ3n) is 7.83. The number of rotatable bonds is 12. The summed E-state index contributed by atoms with van der Waals surface area (Å²) >= 11 is 12.0. The van der Waals surface area contributed by atoms with Crippen molar-refractivity contribution in [1.82, 2.24) is 19.4 Å². The smallest absolute Gasteiger partial charge is 0.409 e. The highest BCUT2D eigenvalue weighted by Crippen LogP contribution is 2.30. The average Bonchev–Trinajstić information content (AvgIpc) is 3.49. The van der Waals surface area contributed by atoms with Crippen LogP contribution >= 0.6 is 23.2 Å². The van der Waals surface area contributed by atoms with E-state index >= 15 is 0 Å². The van der Waals surface area contributed by atoms with E-state index in [2.05, 4.69) is 5.32 Å². The Kier molecular flexibility index (Phi) is 12.9. The zero-order chi connectivity index (χ0) is 31.7. The van der Waals surface area contributed by atoms with Gasteiger partial charge in [0.15, 0.2) is 0 Å². The molecule has 0 saturated carbocycles. The average molecular weight is 664 g/mol. The SMILES string of the molecule is CCN(CC)C(=O)OCC1CCN(C(=O)CC[C@H](NC(=O)[C@@H]2CCCN2S(=O)(=O)c2cc(Cl)cc(Cl)c2)C(=O)OC)CC1. The van der Waals surface area contributed by atoms with Gasteiger partial charge in [-0.2, -0.15) is 4.31 Å². The molecular formula is C28H40Cl2N4O8S. The van der Waals surface area contributed by atoms with E-state index in [4.69, 9.17) is 32.7 Å². The molecule has 0 unspecified atom stereocenters. The zero-order valence-corrected chi connectivity index (χ0v) is 27.0. The number of esters is 1. The highest BCUT2D eigenvalue weighted by atomic mass is 35.5. The van der Waals surface area contributed by atoms with Crippen LogP contribution in [0.25, 0.3) is 0 Å². The fourth-order valence-electron chi connectivity index (χ4n) is 5.30. The Morgan fingerprint density at radius 2 is 1.65 bits per heavy atom. The quantitative estimate of drug-likeness (QED) is 0.336. The summed E-state index contributed by atoms with van der Waals surface area (Å²) < 4.78 is 38.0. The van der Waals surface area contributed by atoms with Crippen molar-refractivity contribution in [3.63, 3.8) is 0 Å². The fourth-order valence-corrected chi connectivity index (χ4v) is 7.68. The number of benzene rings is 1. The molecule has 0 aliphatic carbocycles. The minimum Gasteiger partial charge on any atom is -0.467 e. The van der Waals surface area contributed by atoms with E-state index < -0.39 is 34.0 Å². The maximum Gasteiger partial charge on any atom is 0.409 e. The number of likely N-dealkylation sites (tertiary alicyclic amines) is 1. The van der Waals surface area contributed by atoms with E-state index in [9.17, 15) is 27.6 Å². The third-order valence-corrected chi connectivity index (χ3v) is 10.2. The molecule has 2 saturated heterocycles. The number of amides is 3. The Labute approximate surface area is 263 Å². The van der Waals surface area contributed by atoms with Crippen LogP contribution in [-0.4, -0.2) is 105 Å². The summed E-state index contributed by atoms with van der Waals surface area (Å²) in [6.07, 6.45) is 1.68. The molecule has 2 atom stereocenters. The molecule has 0 spiro atoms. The predicted octanol–water partition coefficient (Wildman–Crippen LogP) is 3.30. The fraction of sp³-hybridized carbons (Fsp3) is 0.643. The van der Waals surface area contributed by atoms with E-state index in [1.807, 2.05) is 13.8 Å². The monoisotopic (exact) mass is 662 g/mol. The minimum absolute atomic E-state index is 0.0119. The number of ether oxygens (including phenoxy) is 2. The van der Waals surface area contributed by atoms with Gasteiger partial charge in [-0.3, -0.25) is 9.59 Å². The van der Waals surface area contributed by atoms with Crippen LogP contribution < -0.4 is 5.32 Å². The van der Waals surface area contributed by atoms with E-state index in [-0.39, 0.29) is 58.7 Å². The highest BCUT2D eigenvalue weighted by Gasteiger charge is 2.41. The van der Waals surface area contributed by atoms with Gasteiger partial charge < -0.3 is 24.6 Å². The molecule has 0 aromatic heterocycles. The van der Waals surface area contributed by atoms with Crippen molar-refractivity contribution in [2.75, 3.05) is 46.4 Å². The lowest BCUT2D eigenvalue weighted by Crippen LogP contribution is -2.51. The summed E-state index contributed by atoms with van der Waals surface area (Å²) in [5, 5.41) is 2.89. The lowest BCUT2D eigenvalue weighted by molar-refractivity contribution is -0.146. The Hall–Kier alpha value is -2.61. The maximum atomic E-state index is 13.3. The van der Waals surface area contributed by atoms with E-state index in [1.54, 1.807) is 9.80 Å². The number of nitrogens with zero attached hydrogens (tertiary/aromatic N) is 3. The Balaban J connectivity index is 1.55. The molecule has 1 aromatic rings. The number of methoxy groups -OCH3 is 1. The predicted molar refractivity (Wildman–Crippen MR) is 160 cm³/mol. The first-order valence-corrected chi connectivity index (χ1v) is 16.7. The summed E-state index contributed by atoms with van der Waals surface area (Å²) in [5.74, 6) is -1.41. The van der Waals surface area contributed by atoms with Crippen molar-refractivity contribution in [2.24, 2.45) is 5.92 Å². The Bertz CT molecular complexity index is 1250. The first kappa shape index (κ1) is 34.9. The van der Waals surface area contributed by atoms with E-state index in [0.717, 1.165) is 4.31 Å². The second-order valence-corrected chi connectivity index (χ2v) is 13.3. The molecular weight excluding hydrogens is 623 g/mol. The molecule has 2 aliphatic rings. The number of piperidine rings is 1. The number of carbonyl (C=O) groups excluding carboxylic acids is 4. The standard InChI is InChI=1S/C28H40Cl2N4O8S/c1-4-32(5-2)28(38)42-18-19-10-13-33(14-11-19)25(35)9-8-23(27(37)41-3)31-26(36)24-7-6-12-34(24)43(39,40)22-16-20(29)15-21(30)17-22/h15-17,19,23-24H,4-14,18H2,1-3H3,(H,31,36)/t23-,24-/m0/s1. The molecule has 2 aliphatic heterocycles. The van der Waals surface area contributed by atoms with Gasteiger partial charge in [0.2, 0.25) is 21.8 Å². The van der Waals surface area contributed by atoms with Gasteiger partial charge in [0, 0.05) is 49.2 Å². The van der Waals surface area contributed by atoms with E-state index in [0.29, 0.717) is 52.0 Å². The Morgan fingerprint density at radius 1 is 1.02 bits per heavy atom. The summed E-state index contributed by atoms with van der Waals surface area (Å²) in [7, 11) is -2.93. The zero-order valence-electron chi connectivity index (χ0n) is 24.7. The van der Waals surface area contributed by atoms with Crippen LogP contribution in [0.1, 0.15) is 52.4 Å². The number of hydrogen-bond donors (Lipinski definition) is 1. The second kappa shape index (κ2) is 15.9. The second-order valence-electron chi connectivity index (χ2n) is 10.6. The molecule has 43 heavy (non-hydrogen) atoms. The van der Waals surface area contributed by atoms with Crippen molar-refractivity contribution in [1.29, 1.82) is 0 Å². The van der Waals surface area contributed by atoms with Crippen molar-refractivity contribution in [2.45, 2.75) is 69.4 Å². The molecule has 2 heterocycles. The van der Waals surface area contributed by atoms with Crippen LogP contribution in [0.2, 0.25) is 10.0 Å². The van der Waals surface area contributed by atoms with Crippen LogP contribution in [0.15, 0.2) is 23.1 Å². The van der Waals surface area contributed by atoms with Crippen LogP contribution in [0, 0.1) is 5.92 Å². The summed E-state index contributed by atoms with van der Waals surface area (Å²) in [6.45, 7) is 6.31. The normalized spacial score (nSPS) is 18.6. The van der Waals surface area contributed by atoms with Gasteiger partial charge in [0.1, 0.15) is 12.1 Å². The third kappa shape index (κ3) is 9.19. The summed E-state index contributed by atoms with van der Waals surface area (Å²) in [6, 6.07) is 1.75. The molecule has 0 bridgehead atoms. The molecule has 3 amide bonds. The minimum atomic E-state index is -4.10. The molecule has 1 aromatic carbocycles. The first-order valence-electron chi connectivity index (χ1n) is 14.5. The van der Waals surface area contributed by atoms with Crippen LogP contribution in [-0.2, 0) is 33.9 Å². The van der Waals surface area contributed by atoms with Crippen molar-refractivity contribution in [3.05, 3.63) is 28.2 Å². The van der Waals surface area contributed by atoms with Gasteiger partial charge in [-0.05, 0) is 70.1 Å². The number of carbonyl (C=O) groups is 4.